The number of halogens is 1. The highest BCUT2D eigenvalue weighted by Crippen LogP contribution is 2.36. The average Bonchev–Trinajstić information content (AvgIpc) is 3.45. The molecule has 0 radical (unpaired) electrons. The number of carbonyl (C=O) groups excluding carboxylic acids is 1. The van der Waals surface area contributed by atoms with Gasteiger partial charge in [0.25, 0.3) is 5.91 Å². The van der Waals surface area contributed by atoms with Crippen LogP contribution < -0.4 is 21.7 Å². The summed E-state index contributed by atoms with van der Waals surface area (Å²) in [5.74, 6) is -1.48. The van der Waals surface area contributed by atoms with Crippen molar-refractivity contribution < 1.29 is 19.1 Å². The number of rotatable bonds is 9. The van der Waals surface area contributed by atoms with Crippen LogP contribution in [0.3, 0.4) is 0 Å². The molecule has 1 aliphatic carbocycles. The molecule has 2 amide bonds. The Morgan fingerprint density at radius 1 is 1.21 bits per heavy atom. The van der Waals surface area contributed by atoms with Crippen molar-refractivity contribution in [3.8, 4) is 5.69 Å². The summed E-state index contributed by atoms with van der Waals surface area (Å²) in [6, 6.07) is 7.18. The number of carbonyl (C=O) groups is 2. The Hall–Kier alpha value is -4.22. The van der Waals surface area contributed by atoms with E-state index in [-0.39, 0.29) is 29.2 Å². The van der Waals surface area contributed by atoms with Crippen LogP contribution >= 0.6 is 0 Å². The number of aromatic nitrogens is 4. The van der Waals surface area contributed by atoms with Crippen LogP contribution in [0.2, 0.25) is 0 Å². The number of nitrogens with one attached hydrogen (secondary N) is 3. The van der Waals surface area contributed by atoms with Crippen molar-refractivity contribution in [2.24, 2.45) is 11.7 Å². The van der Waals surface area contributed by atoms with Gasteiger partial charge in [0.1, 0.15) is 5.82 Å². The SMILES string of the molecule is C[C@H](NC(=O)O)[C@H](Nc1nc(Nc2cccc(-n3nccn3)c2)c(C(N)=O)cc1F)C1CC1. The lowest BCUT2D eigenvalue weighted by Crippen LogP contribution is -2.45. The van der Waals surface area contributed by atoms with Crippen molar-refractivity contribution >= 4 is 29.3 Å². The summed E-state index contributed by atoms with van der Waals surface area (Å²) < 4.78 is 14.8. The molecule has 11 nitrogen and oxygen atoms in total. The largest absolute Gasteiger partial charge is 0.465 e. The van der Waals surface area contributed by atoms with Crippen LogP contribution in [0.5, 0.6) is 0 Å². The maximum atomic E-state index is 14.8. The van der Waals surface area contributed by atoms with Crippen LogP contribution in [-0.2, 0) is 0 Å². The van der Waals surface area contributed by atoms with E-state index >= 15 is 0 Å². The van der Waals surface area contributed by atoms with Gasteiger partial charge in [-0.1, -0.05) is 6.07 Å². The molecular weight excluding hydrogens is 431 g/mol. The number of carboxylic acid groups (broad SMARTS) is 1. The van der Waals surface area contributed by atoms with Gasteiger partial charge in [-0.15, -0.1) is 0 Å². The topological polar surface area (TPSA) is 160 Å². The third kappa shape index (κ3) is 5.17. The zero-order chi connectivity index (χ0) is 23.5. The van der Waals surface area contributed by atoms with E-state index in [4.69, 9.17) is 10.8 Å². The monoisotopic (exact) mass is 454 g/mol. The molecule has 33 heavy (non-hydrogen) atoms. The van der Waals surface area contributed by atoms with Gasteiger partial charge in [-0.3, -0.25) is 4.79 Å². The molecule has 172 valence electrons. The Labute approximate surface area is 188 Å². The third-order valence-electron chi connectivity index (χ3n) is 5.32. The molecule has 4 rings (SSSR count). The number of primary amides is 1. The lowest BCUT2D eigenvalue weighted by atomic mass is 10.0. The van der Waals surface area contributed by atoms with Gasteiger partial charge in [-0.25, -0.2) is 14.2 Å². The van der Waals surface area contributed by atoms with Crippen molar-refractivity contribution in [1.29, 1.82) is 0 Å². The van der Waals surface area contributed by atoms with Gasteiger partial charge >= 0.3 is 6.09 Å². The number of amides is 2. The minimum Gasteiger partial charge on any atom is -0.465 e. The fourth-order valence-electron chi connectivity index (χ4n) is 3.62. The van der Waals surface area contributed by atoms with Crippen molar-refractivity contribution in [3.63, 3.8) is 0 Å². The van der Waals surface area contributed by atoms with Crippen molar-refractivity contribution in [2.75, 3.05) is 10.6 Å². The summed E-state index contributed by atoms with van der Waals surface area (Å²) in [5, 5.41) is 25.6. The Bertz CT molecular complexity index is 1170. The second-order valence-electron chi connectivity index (χ2n) is 7.82. The molecule has 0 spiro atoms. The van der Waals surface area contributed by atoms with Gasteiger partial charge in [-0.2, -0.15) is 15.0 Å². The minimum absolute atomic E-state index is 0.0605. The normalized spacial score (nSPS) is 14.8. The van der Waals surface area contributed by atoms with Crippen LogP contribution in [-0.4, -0.2) is 49.2 Å². The highest BCUT2D eigenvalue weighted by molar-refractivity contribution is 5.98. The van der Waals surface area contributed by atoms with Crippen LogP contribution in [0.1, 0.15) is 30.1 Å². The highest BCUT2D eigenvalue weighted by atomic mass is 19.1. The summed E-state index contributed by atoms with van der Waals surface area (Å²) >= 11 is 0. The molecule has 1 aliphatic rings. The van der Waals surface area contributed by atoms with E-state index < -0.39 is 23.9 Å². The molecule has 0 unspecified atom stereocenters. The van der Waals surface area contributed by atoms with Crippen molar-refractivity contribution in [1.82, 2.24) is 25.3 Å². The number of hydrogen-bond acceptors (Lipinski definition) is 7. The molecule has 6 N–H and O–H groups in total. The quantitative estimate of drug-likeness (QED) is 0.330. The number of benzene rings is 1. The molecule has 2 aromatic heterocycles. The predicted molar refractivity (Wildman–Crippen MR) is 118 cm³/mol. The maximum absolute atomic E-state index is 14.8. The summed E-state index contributed by atoms with van der Waals surface area (Å²) in [6.45, 7) is 1.70. The van der Waals surface area contributed by atoms with Gasteiger partial charge < -0.3 is 26.8 Å². The smallest absolute Gasteiger partial charge is 0.404 e. The summed E-state index contributed by atoms with van der Waals surface area (Å²) in [5.41, 5.74) is 6.54. The van der Waals surface area contributed by atoms with E-state index in [1.54, 1.807) is 43.6 Å². The number of hydrogen-bond donors (Lipinski definition) is 5. The summed E-state index contributed by atoms with van der Waals surface area (Å²) in [7, 11) is 0. The predicted octanol–water partition coefficient (Wildman–Crippen LogP) is 2.49. The van der Waals surface area contributed by atoms with E-state index in [0.29, 0.717) is 11.4 Å². The van der Waals surface area contributed by atoms with Crippen molar-refractivity contribution in [2.45, 2.75) is 31.8 Å². The van der Waals surface area contributed by atoms with E-state index in [9.17, 15) is 14.0 Å². The fourth-order valence-corrected chi connectivity index (χ4v) is 3.62. The molecule has 0 aliphatic heterocycles. The first kappa shape index (κ1) is 22.0. The second-order valence-corrected chi connectivity index (χ2v) is 7.82. The lowest BCUT2D eigenvalue weighted by Gasteiger charge is -2.26. The van der Waals surface area contributed by atoms with E-state index in [2.05, 4.69) is 31.1 Å². The van der Waals surface area contributed by atoms with Gasteiger partial charge in [0.05, 0.1) is 29.7 Å². The summed E-state index contributed by atoms with van der Waals surface area (Å²) in [6.07, 6.45) is 3.71. The first-order valence-electron chi connectivity index (χ1n) is 10.3. The molecule has 3 aromatic rings. The number of anilines is 3. The Kier molecular flexibility index (Phi) is 6.07. The molecule has 0 bridgehead atoms. The van der Waals surface area contributed by atoms with Crippen LogP contribution in [0.25, 0.3) is 5.69 Å². The minimum atomic E-state index is -1.17. The van der Waals surface area contributed by atoms with Gasteiger partial charge in [0.2, 0.25) is 0 Å². The Morgan fingerprint density at radius 3 is 2.58 bits per heavy atom. The summed E-state index contributed by atoms with van der Waals surface area (Å²) in [4.78, 5) is 28.7. The van der Waals surface area contributed by atoms with E-state index in [0.717, 1.165) is 18.9 Å². The zero-order valence-electron chi connectivity index (χ0n) is 17.7. The van der Waals surface area contributed by atoms with Gasteiger partial charge in [0.15, 0.2) is 11.6 Å². The van der Waals surface area contributed by atoms with Crippen LogP contribution in [0.15, 0.2) is 42.7 Å². The molecule has 12 heteroatoms. The highest BCUT2D eigenvalue weighted by Gasteiger charge is 2.36. The van der Waals surface area contributed by atoms with Crippen LogP contribution in [0, 0.1) is 11.7 Å². The zero-order valence-corrected chi connectivity index (χ0v) is 17.7. The van der Waals surface area contributed by atoms with Crippen molar-refractivity contribution in [3.05, 3.63) is 54.1 Å². The Morgan fingerprint density at radius 2 is 1.94 bits per heavy atom. The molecule has 1 saturated carbocycles. The standard InChI is InChI=1S/C21H23FN8O3/c1-11(26-21(32)33)17(12-5-6-12)28-20-16(22)10-15(18(23)31)19(29-20)27-13-3-2-4-14(9-13)30-24-7-8-25-30/h2-4,7-12,17,26H,5-6H2,1H3,(H2,23,31)(H,32,33)(H2,27,28,29)/t11-,17-/m0/s1. The molecule has 1 fully saturated rings. The third-order valence-corrected chi connectivity index (χ3v) is 5.32. The molecule has 1 aromatic carbocycles. The number of nitrogens with zero attached hydrogens (tertiary/aromatic N) is 4. The van der Waals surface area contributed by atoms with E-state index in [1.807, 2.05) is 0 Å². The van der Waals surface area contributed by atoms with Gasteiger partial charge in [-0.05, 0) is 49.9 Å². The Balaban J connectivity index is 1.64. The number of pyridine rings is 1. The average molecular weight is 454 g/mol. The second kappa shape index (κ2) is 9.10. The molecule has 2 atom stereocenters. The first-order chi connectivity index (χ1) is 15.8. The maximum Gasteiger partial charge on any atom is 0.404 e. The number of nitrogens with two attached hydrogens (primary N) is 1. The van der Waals surface area contributed by atoms with Gasteiger partial charge in [0, 0.05) is 11.7 Å². The van der Waals surface area contributed by atoms with Crippen LogP contribution in [0.4, 0.5) is 26.5 Å². The molecule has 0 saturated heterocycles. The van der Waals surface area contributed by atoms with E-state index in [1.165, 1.54) is 4.80 Å². The first-order valence-corrected chi connectivity index (χ1v) is 10.3. The molecular formula is C21H23FN8O3. The molecule has 2 heterocycles. The fraction of sp³-hybridized carbons (Fsp3) is 0.286. The lowest BCUT2D eigenvalue weighted by molar-refractivity contribution is 0.100.